The highest BCUT2D eigenvalue weighted by molar-refractivity contribution is 5.81. The summed E-state index contributed by atoms with van der Waals surface area (Å²) in [7, 11) is 0. The number of aliphatic carboxylic acids is 1. The van der Waals surface area contributed by atoms with Crippen LogP contribution in [0.25, 0.3) is 0 Å². The van der Waals surface area contributed by atoms with Crippen LogP contribution in [0.15, 0.2) is 23.0 Å². The van der Waals surface area contributed by atoms with Gasteiger partial charge in [0.2, 0.25) is 5.91 Å². The number of carbonyl (C=O) groups is 2. The molecular weight excluding hydrogens is 406 g/mol. The minimum atomic E-state index is -0.988. The third kappa shape index (κ3) is 4.92. The SMILES string of the molecule is CC(C)(C)C(=O)N1CC[C@@H](CC(=O)[O-])[C@@H](CC[NH+]2C[C@@H]3C[C@H](C2)c2cccc(=O)n2C3)C1. The van der Waals surface area contributed by atoms with Crippen LogP contribution >= 0.6 is 0 Å². The Kier molecular flexibility index (Phi) is 6.48. The molecule has 7 heteroatoms. The van der Waals surface area contributed by atoms with E-state index in [-0.39, 0.29) is 29.7 Å². The molecular formula is C25H37N3O4. The number of amides is 1. The van der Waals surface area contributed by atoms with Gasteiger partial charge in [0.25, 0.3) is 5.56 Å². The maximum atomic E-state index is 12.8. The lowest BCUT2D eigenvalue weighted by Gasteiger charge is -2.43. The standard InChI is InChI=1S/C25H37N3O4/c1-25(2,3)24(32)27-10-8-18(12-23(30)31)19(16-27)7-9-26-13-17-11-20(15-26)21-5-4-6-22(29)28(21)14-17/h4-6,17-20H,7-16H2,1-3H3,(H,30,31)/t17-,18-,19-,20+/m0/s1. The number of hydrogen-bond donors (Lipinski definition) is 1. The van der Waals surface area contributed by atoms with Crippen molar-refractivity contribution in [3.05, 3.63) is 34.2 Å². The lowest BCUT2D eigenvalue weighted by Crippen LogP contribution is -3.14. The molecule has 176 valence electrons. The highest BCUT2D eigenvalue weighted by Gasteiger charge is 2.39. The van der Waals surface area contributed by atoms with Gasteiger partial charge in [-0.1, -0.05) is 26.8 Å². The number of rotatable bonds is 5. The van der Waals surface area contributed by atoms with Gasteiger partial charge in [0.15, 0.2) is 0 Å². The number of aromatic nitrogens is 1. The molecule has 0 saturated carbocycles. The van der Waals surface area contributed by atoms with Crippen molar-refractivity contribution in [2.45, 2.75) is 58.9 Å². The lowest BCUT2D eigenvalue weighted by atomic mass is 9.79. The van der Waals surface area contributed by atoms with Crippen LogP contribution in [0.1, 0.15) is 58.1 Å². The number of quaternary nitrogens is 1. The number of hydrogen-bond acceptors (Lipinski definition) is 4. The molecule has 4 rings (SSSR count). The first kappa shape index (κ1) is 23.0. The second-order valence-electron chi connectivity index (χ2n) is 11.3. The van der Waals surface area contributed by atoms with E-state index < -0.39 is 11.4 Å². The average Bonchev–Trinajstić information content (AvgIpc) is 2.72. The van der Waals surface area contributed by atoms with Crippen molar-refractivity contribution in [2.75, 3.05) is 32.7 Å². The van der Waals surface area contributed by atoms with E-state index in [0.717, 1.165) is 45.4 Å². The van der Waals surface area contributed by atoms with Gasteiger partial charge in [-0.3, -0.25) is 9.59 Å². The summed E-state index contributed by atoms with van der Waals surface area (Å²) in [6.45, 7) is 11.0. The van der Waals surface area contributed by atoms with Crippen molar-refractivity contribution in [3.8, 4) is 0 Å². The molecule has 2 fully saturated rings. The number of likely N-dealkylation sites (tertiary alicyclic amines) is 2. The van der Waals surface area contributed by atoms with Gasteiger partial charge in [0.05, 0.1) is 19.6 Å². The molecule has 0 spiro atoms. The van der Waals surface area contributed by atoms with E-state index in [1.807, 2.05) is 36.3 Å². The van der Waals surface area contributed by atoms with Crippen LogP contribution in [-0.2, 0) is 16.1 Å². The molecule has 32 heavy (non-hydrogen) atoms. The Hall–Kier alpha value is -2.15. The Morgan fingerprint density at radius 2 is 1.94 bits per heavy atom. The fraction of sp³-hybridized carbons (Fsp3) is 0.720. The van der Waals surface area contributed by atoms with Crippen LogP contribution < -0.4 is 15.6 Å². The second-order valence-corrected chi connectivity index (χ2v) is 11.3. The predicted molar refractivity (Wildman–Crippen MR) is 119 cm³/mol. The summed E-state index contributed by atoms with van der Waals surface area (Å²) in [6.07, 6.45) is 2.89. The highest BCUT2D eigenvalue weighted by atomic mass is 16.4. The monoisotopic (exact) mass is 443 g/mol. The van der Waals surface area contributed by atoms with Crippen LogP contribution in [0, 0.1) is 23.2 Å². The number of carbonyl (C=O) groups excluding carboxylic acids is 2. The second kappa shape index (κ2) is 9.00. The first-order valence-corrected chi connectivity index (χ1v) is 12.1. The van der Waals surface area contributed by atoms with Crippen molar-refractivity contribution < 1.29 is 19.6 Å². The number of nitrogens with zero attached hydrogens (tertiary/aromatic N) is 2. The third-order valence-corrected chi connectivity index (χ3v) is 7.79. The molecule has 4 heterocycles. The fourth-order valence-electron chi connectivity index (χ4n) is 6.26. The molecule has 1 aromatic rings. The molecule has 0 aromatic carbocycles. The van der Waals surface area contributed by atoms with E-state index in [2.05, 4.69) is 6.07 Å². The van der Waals surface area contributed by atoms with Crippen molar-refractivity contribution >= 4 is 11.9 Å². The zero-order valence-electron chi connectivity index (χ0n) is 19.6. The summed E-state index contributed by atoms with van der Waals surface area (Å²) in [4.78, 5) is 39.9. The number of fused-ring (bicyclic) bond motifs is 4. The minimum absolute atomic E-state index is 0.0759. The topological polar surface area (TPSA) is 86.9 Å². The first-order chi connectivity index (χ1) is 15.1. The molecule has 0 aliphatic carbocycles. The molecule has 1 unspecified atom stereocenters. The quantitative estimate of drug-likeness (QED) is 0.688. The Morgan fingerprint density at radius 3 is 2.66 bits per heavy atom. The fourth-order valence-corrected chi connectivity index (χ4v) is 6.26. The molecule has 0 radical (unpaired) electrons. The van der Waals surface area contributed by atoms with Crippen LogP contribution in [0.2, 0.25) is 0 Å². The smallest absolute Gasteiger partial charge is 0.250 e. The maximum Gasteiger partial charge on any atom is 0.250 e. The summed E-state index contributed by atoms with van der Waals surface area (Å²) in [6, 6.07) is 5.62. The number of carboxylic acids is 1. The van der Waals surface area contributed by atoms with E-state index in [0.29, 0.717) is 24.9 Å². The summed E-state index contributed by atoms with van der Waals surface area (Å²) < 4.78 is 1.96. The van der Waals surface area contributed by atoms with Gasteiger partial charge < -0.3 is 24.3 Å². The molecule has 1 amide bonds. The molecule has 2 saturated heterocycles. The predicted octanol–water partition coefficient (Wildman–Crippen LogP) is -0.109. The zero-order chi connectivity index (χ0) is 23.0. The largest absolute Gasteiger partial charge is 0.550 e. The van der Waals surface area contributed by atoms with Gasteiger partial charge in [-0.15, -0.1) is 0 Å². The molecule has 5 atom stereocenters. The van der Waals surface area contributed by atoms with Crippen molar-refractivity contribution in [3.63, 3.8) is 0 Å². The number of nitrogens with one attached hydrogen (secondary N) is 1. The minimum Gasteiger partial charge on any atom is -0.550 e. The van der Waals surface area contributed by atoms with Crippen LogP contribution in [0.4, 0.5) is 0 Å². The molecule has 1 N–H and O–H groups in total. The van der Waals surface area contributed by atoms with Gasteiger partial charge >= 0.3 is 0 Å². The van der Waals surface area contributed by atoms with Crippen LogP contribution in [0.3, 0.4) is 0 Å². The summed E-state index contributed by atoms with van der Waals surface area (Å²) in [5.41, 5.74) is 0.851. The van der Waals surface area contributed by atoms with Gasteiger partial charge in [-0.25, -0.2) is 0 Å². The van der Waals surface area contributed by atoms with Crippen molar-refractivity contribution in [1.82, 2.24) is 9.47 Å². The highest BCUT2D eigenvalue weighted by Crippen LogP contribution is 2.32. The summed E-state index contributed by atoms with van der Waals surface area (Å²) in [5.74, 6) is 0.356. The summed E-state index contributed by atoms with van der Waals surface area (Å²) >= 11 is 0. The number of carboxylic acid groups (broad SMARTS) is 1. The van der Waals surface area contributed by atoms with Gasteiger partial charge in [0, 0.05) is 61.0 Å². The van der Waals surface area contributed by atoms with Crippen molar-refractivity contribution in [2.24, 2.45) is 23.2 Å². The van der Waals surface area contributed by atoms with E-state index in [9.17, 15) is 19.5 Å². The number of pyridine rings is 1. The van der Waals surface area contributed by atoms with Crippen molar-refractivity contribution in [1.29, 1.82) is 0 Å². The van der Waals surface area contributed by atoms with E-state index in [4.69, 9.17) is 0 Å². The Balaban J connectivity index is 1.42. The molecule has 7 nitrogen and oxygen atoms in total. The maximum absolute atomic E-state index is 12.8. The van der Waals surface area contributed by atoms with Gasteiger partial charge in [-0.2, -0.15) is 0 Å². The normalized spacial score (nSPS) is 30.0. The third-order valence-electron chi connectivity index (χ3n) is 7.79. The van der Waals surface area contributed by atoms with Crippen LogP contribution in [-0.4, -0.2) is 54.1 Å². The van der Waals surface area contributed by atoms with E-state index >= 15 is 0 Å². The Morgan fingerprint density at radius 1 is 1.16 bits per heavy atom. The molecule has 3 aliphatic heterocycles. The van der Waals surface area contributed by atoms with E-state index in [1.54, 1.807) is 11.0 Å². The molecule has 2 bridgehead atoms. The average molecular weight is 444 g/mol. The molecule has 3 aliphatic rings. The Labute approximate surface area is 190 Å². The first-order valence-electron chi connectivity index (χ1n) is 12.1. The van der Waals surface area contributed by atoms with Gasteiger partial charge in [-0.05, 0) is 37.2 Å². The van der Waals surface area contributed by atoms with Crippen LogP contribution in [0.5, 0.6) is 0 Å². The lowest BCUT2D eigenvalue weighted by molar-refractivity contribution is -0.911. The number of piperidine rings is 2. The summed E-state index contributed by atoms with van der Waals surface area (Å²) in [5, 5.41) is 11.3. The Bertz CT molecular complexity index is 918. The van der Waals surface area contributed by atoms with Gasteiger partial charge in [0.1, 0.15) is 0 Å². The molecule has 1 aromatic heterocycles. The van der Waals surface area contributed by atoms with E-state index in [1.165, 1.54) is 5.69 Å². The zero-order valence-corrected chi connectivity index (χ0v) is 19.6.